The molecule has 292 valence electrons. The Morgan fingerprint density at radius 1 is 0.882 bits per heavy atom. The first-order chi connectivity index (χ1) is 23.2. The molecule has 1 atom stereocenters. The topological polar surface area (TPSA) is 93.9 Å². The van der Waals surface area contributed by atoms with Gasteiger partial charge in [-0.15, -0.1) is 0 Å². The first kappa shape index (κ1) is 48.0. The average Bonchev–Trinajstić information content (AvgIpc) is 3.85. The highest BCUT2D eigenvalue weighted by Gasteiger charge is 2.29. The van der Waals surface area contributed by atoms with E-state index in [4.69, 9.17) is 9.47 Å². The number of benzene rings is 2. The van der Waals surface area contributed by atoms with Crippen LogP contribution in [0.4, 0.5) is 8.78 Å². The average molecular weight is 741 g/mol. The number of alkyl halides is 2. The zero-order valence-electron chi connectivity index (χ0n) is 33.5. The first-order valence-corrected chi connectivity index (χ1v) is 19.3. The second kappa shape index (κ2) is 21.5. The Labute approximate surface area is 308 Å². The van der Waals surface area contributed by atoms with Crippen LogP contribution in [0.1, 0.15) is 107 Å². The summed E-state index contributed by atoms with van der Waals surface area (Å²) in [5, 5.41) is 2.71. The number of hydrogen-bond acceptors (Lipinski definition) is 7. The Hall–Kier alpha value is -3.02. The Morgan fingerprint density at radius 2 is 1.33 bits per heavy atom. The molecule has 1 fully saturated rings. The Morgan fingerprint density at radius 3 is 1.59 bits per heavy atom. The molecule has 0 radical (unpaired) electrons. The van der Waals surface area contributed by atoms with Gasteiger partial charge >= 0.3 is 0 Å². The van der Waals surface area contributed by atoms with Crippen molar-refractivity contribution in [3.05, 3.63) is 72.3 Å². The third kappa shape index (κ3) is 24.0. The highest BCUT2D eigenvalue weighted by atomic mass is 32.2. The quantitative estimate of drug-likeness (QED) is 0.101. The smallest absolute Gasteiger partial charge is 0.264 e. The predicted octanol–water partition coefficient (Wildman–Crippen LogP) is 8.83. The van der Waals surface area contributed by atoms with Gasteiger partial charge in [0.05, 0.1) is 18.5 Å². The van der Waals surface area contributed by atoms with Crippen LogP contribution in [-0.2, 0) is 24.5 Å². The van der Waals surface area contributed by atoms with Crippen molar-refractivity contribution in [1.29, 1.82) is 0 Å². The molecule has 1 heterocycles. The Bertz CT molecular complexity index is 1390. The van der Waals surface area contributed by atoms with E-state index in [-0.39, 0.29) is 23.5 Å². The van der Waals surface area contributed by atoms with Crippen molar-refractivity contribution >= 4 is 16.0 Å². The SMILES string of the molecule is C=CC(=O)NC(C)(C)C.CC(C)(C)N1CC1.CC(C)(C)OS(C)(=O)=O.CCCCOc1ccc(C(C)(C)c2ccc(OCC(F)CF)cc2)cc1. The summed E-state index contributed by atoms with van der Waals surface area (Å²) in [5.41, 5.74) is 1.79. The van der Waals surface area contributed by atoms with Gasteiger partial charge in [-0.25, -0.2) is 8.78 Å². The van der Waals surface area contributed by atoms with Gasteiger partial charge in [-0.05, 0) is 110 Å². The minimum absolute atomic E-state index is 0.123. The van der Waals surface area contributed by atoms with E-state index in [2.05, 4.69) is 74.7 Å². The largest absolute Gasteiger partial charge is 0.494 e. The fourth-order valence-corrected chi connectivity index (χ4v) is 5.17. The van der Waals surface area contributed by atoms with E-state index < -0.39 is 28.6 Å². The van der Waals surface area contributed by atoms with Gasteiger partial charge in [0.2, 0.25) is 5.91 Å². The predicted molar refractivity (Wildman–Crippen MR) is 207 cm³/mol. The number of nitrogens with one attached hydrogen (secondary N) is 1. The van der Waals surface area contributed by atoms with Gasteiger partial charge < -0.3 is 14.8 Å². The molecule has 1 amide bonds. The van der Waals surface area contributed by atoms with Gasteiger partial charge in [-0.2, -0.15) is 8.42 Å². The number of carbonyl (C=O) groups excluding carboxylic acids is 1. The van der Waals surface area contributed by atoms with Gasteiger partial charge in [0, 0.05) is 29.6 Å². The Balaban J connectivity index is 0.000000810. The van der Waals surface area contributed by atoms with Gasteiger partial charge in [-0.1, -0.05) is 58.0 Å². The molecule has 0 aliphatic carbocycles. The van der Waals surface area contributed by atoms with Crippen molar-refractivity contribution in [1.82, 2.24) is 10.2 Å². The molecule has 1 aliphatic heterocycles. The molecule has 0 bridgehead atoms. The minimum atomic E-state index is -3.28. The summed E-state index contributed by atoms with van der Waals surface area (Å²) >= 11 is 0. The third-order valence-electron chi connectivity index (χ3n) is 7.00. The molecule has 1 saturated heterocycles. The number of halogens is 2. The van der Waals surface area contributed by atoms with E-state index in [1.807, 2.05) is 45.0 Å². The molecule has 3 rings (SSSR count). The van der Waals surface area contributed by atoms with Crippen LogP contribution in [0.5, 0.6) is 11.5 Å². The highest BCUT2D eigenvalue weighted by Crippen LogP contribution is 2.33. The fourth-order valence-electron chi connectivity index (χ4n) is 4.26. The van der Waals surface area contributed by atoms with Gasteiger partial charge in [0.25, 0.3) is 10.1 Å². The number of rotatable bonds is 12. The third-order valence-corrected chi connectivity index (χ3v) is 7.80. The van der Waals surface area contributed by atoms with Crippen molar-refractivity contribution in [2.75, 3.05) is 39.2 Å². The maximum absolute atomic E-state index is 12.9. The van der Waals surface area contributed by atoms with Crippen molar-refractivity contribution < 1.29 is 35.6 Å². The summed E-state index contributed by atoms with van der Waals surface area (Å²) in [7, 11) is -3.28. The maximum atomic E-state index is 12.9. The molecular formula is C40H66F2N2O6S. The van der Waals surface area contributed by atoms with Crippen LogP contribution in [0.2, 0.25) is 0 Å². The number of hydrogen-bond donors (Lipinski definition) is 1. The van der Waals surface area contributed by atoms with Gasteiger partial charge in [0.15, 0.2) is 6.17 Å². The second-order valence-corrected chi connectivity index (χ2v) is 17.5. The number of amides is 1. The van der Waals surface area contributed by atoms with E-state index >= 15 is 0 Å². The van der Waals surface area contributed by atoms with Crippen LogP contribution < -0.4 is 14.8 Å². The minimum Gasteiger partial charge on any atom is -0.494 e. The van der Waals surface area contributed by atoms with E-state index in [9.17, 15) is 22.0 Å². The monoisotopic (exact) mass is 740 g/mol. The van der Waals surface area contributed by atoms with E-state index in [1.54, 1.807) is 32.9 Å². The molecule has 1 unspecified atom stereocenters. The summed E-state index contributed by atoms with van der Waals surface area (Å²) in [6.07, 6.45) is 2.90. The normalized spacial score (nSPS) is 13.9. The molecule has 2 aromatic carbocycles. The summed E-state index contributed by atoms with van der Waals surface area (Å²) in [6, 6.07) is 15.7. The van der Waals surface area contributed by atoms with E-state index in [1.165, 1.54) is 24.7 Å². The highest BCUT2D eigenvalue weighted by molar-refractivity contribution is 7.86. The molecule has 1 aliphatic rings. The van der Waals surface area contributed by atoms with Crippen LogP contribution in [0, 0.1) is 0 Å². The van der Waals surface area contributed by atoms with E-state index in [0.29, 0.717) is 11.3 Å². The van der Waals surface area contributed by atoms with E-state index in [0.717, 1.165) is 37.0 Å². The van der Waals surface area contributed by atoms with Crippen LogP contribution >= 0.6 is 0 Å². The summed E-state index contributed by atoms with van der Waals surface area (Å²) in [6.45, 7) is 29.4. The van der Waals surface area contributed by atoms with Crippen molar-refractivity contribution in [2.45, 2.75) is 124 Å². The van der Waals surface area contributed by atoms with Crippen molar-refractivity contribution in [3.63, 3.8) is 0 Å². The standard InChI is InChI=1S/C22H28F2O2.C7H13NO.C6H13N.C5H12O3S/c1-4-5-14-25-20-10-6-17(7-11-20)22(2,3)18-8-12-21(13-9-18)26-16-19(24)15-23;1-5-6(9)8-7(2,3)4;1-6(2,3)7-4-5-7;1-5(2,3)8-9(4,6)7/h6-13,19H,4-5,14-16H2,1-3H3;5H,1H2,2-4H3,(H,8,9);4-5H2,1-3H3;1-4H3. The van der Waals surface area contributed by atoms with Crippen molar-refractivity contribution in [3.8, 4) is 11.5 Å². The number of nitrogens with zero attached hydrogens (tertiary/aromatic N) is 1. The van der Waals surface area contributed by atoms with Crippen LogP contribution in [-0.4, -0.2) is 81.3 Å². The Kier molecular flexibility index (Phi) is 20.2. The number of ether oxygens (including phenoxy) is 2. The van der Waals surface area contributed by atoms with Gasteiger partial charge in [-0.3, -0.25) is 13.9 Å². The molecular weight excluding hydrogens is 675 g/mol. The summed E-state index contributed by atoms with van der Waals surface area (Å²) in [4.78, 5) is 13.0. The molecule has 0 aromatic heterocycles. The van der Waals surface area contributed by atoms with Crippen molar-refractivity contribution in [2.24, 2.45) is 0 Å². The van der Waals surface area contributed by atoms with Crippen LogP contribution in [0.3, 0.4) is 0 Å². The fraction of sp³-hybridized carbons (Fsp3) is 0.625. The second-order valence-electron chi connectivity index (χ2n) is 15.9. The van der Waals surface area contributed by atoms with Gasteiger partial charge in [0.1, 0.15) is 24.8 Å². The molecule has 0 saturated carbocycles. The molecule has 2 aromatic rings. The molecule has 0 spiro atoms. The molecule has 8 nitrogen and oxygen atoms in total. The number of unbranched alkanes of at least 4 members (excludes halogenated alkanes) is 1. The first-order valence-electron chi connectivity index (χ1n) is 17.5. The zero-order chi connectivity index (χ0) is 39.7. The lowest BCUT2D eigenvalue weighted by atomic mass is 9.78. The summed E-state index contributed by atoms with van der Waals surface area (Å²) < 4.78 is 61.5. The number of carbonyl (C=O) groups is 1. The maximum Gasteiger partial charge on any atom is 0.264 e. The molecule has 51 heavy (non-hydrogen) atoms. The lowest BCUT2D eigenvalue weighted by Crippen LogP contribution is -2.39. The zero-order valence-corrected chi connectivity index (χ0v) is 34.3. The molecule has 1 N–H and O–H groups in total. The molecule has 11 heteroatoms. The van der Waals surface area contributed by atoms with Crippen LogP contribution in [0.25, 0.3) is 0 Å². The van der Waals surface area contributed by atoms with Crippen LogP contribution in [0.15, 0.2) is 61.2 Å². The lowest BCUT2D eigenvalue weighted by molar-refractivity contribution is -0.117. The summed E-state index contributed by atoms with van der Waals surface area (Å²) in [5.74, 6) is 1.30. The lowest BCUT2D eigenvalue weighted by Gasteiger charge is -2.26.